The fourth-order valence-corrected chi connectivity index (χ4v) is 9.82. The molecule has 0 spiro atoms. The molecule has 1 fully saturated rings. The molecule has 10 N–H and O–H groups in total. The number of aliphatic carboxylic acids is 1. The summed E-state index contributed by atoms with van der Waals surface area (Å²) in [5.41, 5.74) is 8.86. The van der Waals surface area contributed by atoms with Crippen molar-refractivity contribution in [2.75, 3.05) is 12.3 Å². The molecule has 7 atom stereocenters. The Morgan fingerprint density at radius 1 is 0.753 bits per heavy atom. The quantitative estimate of drug-likeness (QED) is 0.0316. The third-order valence-electron chi connectivity index (χ3n) is 12.7. The van der Waals surface area contributed by atoms with Crippen molar-refractivity contribution in [3.05, 3.63) is 116 Å². The Morgan fingerprint density at radius 2 is 1.34 bits per heavy atom. The number of benzene rings is 3. The van der Waals surface area contributed by atoms with E-state index in [1.165, 1.54) is 11.8 Å². The summed E-state index contributed by atoms with van der Waals surface area (Å²) < 4.78 is 1.76. The molecule has 1 saturated heterocycles. The minimum absolute atomic E-state index is 0.00546. The molecule has 73 heavy (non-hydrogen) atoms. The number of nitrogens with one attached hydrogen (secondary N) is 7. The molecule has 1 unspecified atom stereocenters. The number of thioether (sulfide) groups is 1. The molecular formula is C52H67N11O9S. The predicted octanol–water partition coefficient (Wildman–Crippen LogP) is 2.06. The summed E-state index contributed by atoms with van der Waals surface area (Å²) in [7, 11) is 0. The van der Waals surface area contributed by atoms with Crippen LogP contribution in [0, 0.1) is 25.7 Å². The van der Waals surface area contributed by atoms with E-state index in [2.05, 4.69) is 46.9 Å². The number of hydrogen-bond acceptors (Lipinski definition) is 13. The molecule has 21 heteroatoms. The van der Waals surface area contributed by atoms with Crippen LogP contribution in [0.5, 0.6) is 0 Å². The van der Waals surface area contributed by atoms with Crippen LogP contribution < -0.4 is 48.9 Å². The van der Waals surface area contributed by atoms with E-state index < -0.39 is 88.9 Å². The van der Waals surface area contributed by atoms with Crippen molar-refractivity contribution in [2.45, 2.75) is 128 Å². The predicted molar refractivity (Wildman–Crippen MR) is 278 cm³/mol. The number of aryl methyl sites for hydroxylation is 2. The first-order valence-corrected chi connectivity index (χ1v) is 25.7. The van der Waals surface area contributed by atoms with Crippen molar-refractivity contribution in [2.24, 2.45) is 17.6 Å². The second-order valence-corrected chi connectivity index (χ2v) is 20.6. The van der Waals surface area contributed by atoms with E-state index in [-0.39, 0.29) is 55.0 Å². The zero-order chi connectivity index (χ0) is 52.9. The Bertz CT molecular complexity index is 2840. The number of rotatable bonds is 24. The first kappa shape index (κ1) is 55.3. The number of carbonyl (C=O) groups excluding carboxylic acids is 5. The molecule has 6 rings (SSSR count). The van der Waals surface area contributed by atoms with E-state index in [1.807, 2.05) is 39.8 Å². The van der Waals surface area contributed by atoms with Gasteiger partial charge in [-0.05, 0) is 92.3 Å². The first-order chi connectivity index (χ1) is 34.8. The molecule has 3 heterocycles. The minimum atomic E-state index is -1.30. The summed E-state index contributed by atoms with van der Waals surface area (Å²) in [6, 6.07) is 14.9. The average molecular weight is 1020 g/mol. The highest BCUT2D eigenvalue weighted by molar-refractivity contribution is 8.00. The monoisotopic (exact) mass is 1020 g/mol. The lowest BCUT2D eigenvalue weighted by Gasteiger charge is -2.29. The normalized spacial score (nSPS) is 16.6. The van der Waals surface area contributed by atoms with Crippen LogP contribution in [0.1, 0.15) is 75.6 Å². The summed E-state index contributed by atoms with van der Waals surface area (Å²) >= 11 is 1.45. The molecule has 3 aliphatic heterocycles. The van der Waals surface area contributed by atoms with Gasteiger partial charge in [0.1, 0.15) is 30.2 Å². The number of carboxylic acid groups (broad SMARTS) is 1. The smallest absolute Gasteiger partial charge is 0.349 e. The second-order valence-electron chi connectivity index (χ2n) is 19.3. The number of nitrogens with two attached hydrogens (primary N) is 1. The number of unbranched alkanes of at least 4 members (excludes halogenated alkanes) is 1. The van der Waals surface area contributed by atoms with Crippen molar-refractivity contribution in [3.8, 4) is 11.5 Å². The molecule has 3 aliphatic rings. The van der Waals surface area contributed by atoms with Gasteiger partial charge in [0.2, 0.25) is 29.5 Å². The van der Waals surface area contributed by atoms with Gasteiger partial charge in [-0.25, -0.2) is 14.6 Å². The van der Waals surface area contributed by atoms with Crippen LogP contribution in [0.25, 0.3) is 22.6 Å². The second kappa shape index (κ2) is 25.6. The molecule has 0 bridgehead atoms. The van der Waals surface area contributed by atoms with Crippen LogP contribution >= 0.6 is 11.8 Å². The number of carbonyl (C=O) groups is 6. The number of H-pyrrole nitrogens is 1. The lowest BCUT2D eigenvalue weighted by Crippen LogP contribution is -2.60. The van der Waals surface area contributed by atoms with Crippen molar-refractivity contribution in [1.29, 1.82) is 0 Å². The van der Waals surface area contributed by atoms with Gasteiger partial charge in [0.05, 0.1) is 22.4 Å². The molecule has 0 radical (unpaired) electrons. The van der Waals surface area contributed by atoms with E-state index >= 15 is 0 Å². The van der Waals surface area contributed by atoms with E-state index in [0.29, 0.717) is 47.3 Å². The summed E-state index contributed by atoms with van der Waals surface area (Å²) in [4.78, 5) is 119. The first-order valence-electron chi connectivity index (χ1n) is 24.6. The van der Waals surface area contributed by atoms with Crippen molar-refractivity contribution in [1.82, 2.24) is 51.4 Å². The zero-order valence-corrected chi connectivity index (χ0v) is 42.8. The summed E-state index contributed by atoms with van der Waals surface area (Å²) in [5.74, 6) is -4.55. The molecule has 390 valence electrons. The maximum atomic E-state index is 14.3. The van der Waals surface area contributed by atoms with Gasteiger partial charge < -0.3 is 42.0 Å². The Labute approximate surface area is 427 Å². The number of fused-ring (bicyclic) bond motifs is 2. The van der Waals surface area contributed by atoms with E-state index in [0.717, 1.165) is 11.1 Å². The number of carboxylic acids is 1. The fraction of sp³-hybridized carbons (Fsp3) is 0.462. The van der Waals surface area contributed by atoms with Crippen LogP contribution in [-0.2, 0) is 48.2 Å². The number of aromatic nitrogens is 4. The standard InChI is InChI=1S/C52H67N11O9S/c1-28(2)21-36(47(66)60-42(29(3)4)49(68)58-37(24-32-15-9-7-10-16-32)46(65)59-38(51(70)71)25-33-17-11-8-12-18-33)57-45(64)34(19-13-14-20-53)56-48(67)39-27-73-41(54-39)26-63-40-23-31(6)30(5)22-35(40)55-43-44(63)61-52(72)62-50(43)69/h7-12,15-18,22-23,28-29,34,36-39,41-42,54H,13-14,19-21,24-27,53H2,1-6H3,(H,56,67)(H,57,64)(H,58,68)(H,59,65)(H,60,66)(H,70,71)(H,62,69,72)/t34-,36-,37-,38-,39-,41?,42-/m0/s1. The number of aromatic amines is 1. The maximum Gasteiger partial charge on any atom is 0.349 e. The average Bonchev–Trinajstić information content (AvgIpc) is 3.82. The van der Waals surface area contributed by atoms with E-state index in [4.69, 9.17) is 5.73 Å². The Kier molecular flexibility index (Phi) is 19.4. The molecule has 3 aromatic rings. The SMILES string of the molecule is Cc1cc2nc3c(=O)[nH]c(=O)nc-3n(CC3N[C@H](C(=O)N[C@@H](CCCCN)C(=O)N[C@@H](CC(C)C)C(=O)N[C@H](C(=O)N[C@@H](Cc4ccccc4)C(=O)N[C@@H](Cc4ccccc4)C(=O)O)C(C)C)CS3)c2cc1C. The Hall–Kier alpha value is -6.97. The molecule has 0 aromatic heterocycles. The molecule has 3 aromatic carbocycles. The summed E-state index contributed by atoms with van der Waals surface area (Å²) in [6.45, 7) is 11.6. The molecule has 5 amide bonds. The maximum absolute atomic E-state index is 14.3. The van der Waals surface area contributed by atoms with Gasteiger partial charge in [-0.15, -0.1) is 11.8 Å². The van der Waals surface area contributed by atoms with Gasteiger partial charge in [0, 0.05) is 25.1 Å². The van der Waals surface area contributed by atoms with Gasteiger partial charge in [0.25, 0.3) is 5.56 Å². The highest BCUT2D eigenvalue weighted by Crippen LogP contribution is 2.28. The lowest BCUT2D eigenvalue weighted by atomic mass is 9.98. The van der Waals surface area contributed by atoms with E-state index in [1.54, 1.807) is 79.1 Å². The molecule has 0 saturated carbocycles. The van der Waals surface area contributed by atoms with Gasteiger partial charge >= 0.3 is 11.7 Å². The van der Waals surface area contributed by atoms with Crippen LogP contribution in [0.4, 0.5) is 0 Å². The summed E-state index contributed by atoms with van der Waals surface area (Å²) in [6.07, 6.45) is 1.48. The van der Waals surface area contributed by atoms with E-state index in [9.17, 15) is 43.5 Å². The van der Waals surface area contributed by atoms with Crippen molar-refractivity contribution >= 4 is 58.3 Å². The number of hydrogen-bond donors (Lipinski definition) is 9. The lowest BCUT2D eigenvalue weighted by molar-refractivity contribution is -0.142. The Morgan fingerprint density at radius 3 is 1.96 bits per heavy atom. The summed E-state index contributed by atoms with van der Waals surface area (Å²) in [5, 5.41) is 26.9. The topological polar surface area (TPSA) is 301 Å². The van der Waals surface area contributed by atoms with Crippen molar-refractivity contribution in [3.63, 3.8) is 0 Å². The van der Waals surface area contributed by atoms with Gasteiger partial charge in [-0.1, -0.05) is 88.4 Å². The molecular weight excluding hydrogens is 955 g/mol. The van der Waals surface area contributed by atoms with Crippen molar-refractivity contribution < 1.29 is 33.9 Å². The third-order valence-corrected chi connectivity index (χ3v) is 13.9. The van der Waals surface area contributed by atoms with Crippen LogP contribution in [0.15, 0.2) is 82.4 Å². The number of nitrogens with zero attached hydrogens (tertiary/aromatic N) is 3. The number of amides is 5. The van der Waals surface area contributed by atoms with Crippen LogP contribution in [0.2, 0.25) is 0 Å². The third kappa shape index (κ3) is 15.0. The Balaban J connectivity index is 1.15. The minimum Gasteiger partial charge on any atom is -0.480 e. The molecule has 20 nitrogen and oxygen atoms in total. The largest absolute Gasteiger partial charge is 0.480 e. The van der Waals surface area contributed by atoms with Crippen LogP contribution in [0.3, 0.4) is 0 Å². The highest BCUT2D eigenvalue weighted by atomic mass is 32.2. The highest BCUT2D eigenvalue weighted by Gasteiger charge is 2.37. The van der Waals surface area contributed by atoms with Gasteiger partial charge in [0.15, 0.2) is 11.5 Å². The van der Waals surface area contributed by atoms with Gasteiger partial charge in [-0.2, -0.15) is 4.98 Å². The fourth-order valence-electron chi connectivity index (χ4n) is 8.63. The van der Waals surface area contributed by atoms with Gasteiger partial charge in [-0.3, -0.25) is 39.1 Å². The zero-order valence-electron chi connectivity index (χ0n) is 42.0. The molecule has 0 aliphatic carbocycles. The van der Waals surface area contributed by atoms with Crippen LogP contribution in [-0.4, -0.2) is 114 Å².